The first-order valence-electron chi connectivity index (χ1n) is 5.45. The van der Waals surface area contributed by atoms with Gasteiger partial charge >= 0.3 is 0 Å². The van der Waals surface area contributed by atoms with Gasteiger partial charge in [0, 0.05) is 11.4 Å². The maximum Gasteiger partial charge on any atom is 0.238 e. The Morgan fingerprint density at radius 3 is 2.82 bits per heavy atom. The zero-order chi connectivity index (χ0) is 12.7. The number of aliphatic hydroxyl groups is 1. The van der Waals surface area contributed by atoms with Crippen molar-refractivity contribution < 1.29 is 9.90 Å². The summed E-state index contributed by atoms with van der Waals surface area (Å²) in [6.45, 7) is 2.29. The van der Waals surface area contributed by atoms with Crippen LogP contribution in [0.5, 0.6) is 0 Å². The van der Waals surface area contributed by atoms with E-state index >= 15 is 0 Å². The number of hydrogen-bond donors (Lipinski definition) is 3. The summed E-state index contributed by atoms with van der Waals surface area (Å²) in [6.07, 6.45) is 1.53. The summed E-state index contributed by atoms with van der Waals surface area (Å²) >= 11 is 1.59. The molecule has 1 amide bonds. The van der Waals surface area contributed by atoms with Gasteiger partial charge in [-0.2, -0.15) is 0 Å². The number of hydrogen-bond acceptors (Lipinski definition) is 4. The van der Waals surface area contributed by atoms with Gasteiger partial charge in [-0.15, -0.1) is 11.8 Å². The molecule has 0 spiro atoms. The minimum atomic E-state index is -0.443. The van der Waals surface area contributed by atoms with Gasteiger partial charge in [-0.3, -0.25) is 4.79 Å². The van der Waals surface area contributed by atoms with E-state index in [0.717, 1.165) is 10.6 Å². The van der Waals surface area contributed by atoms with Gasteiger partial charge in [0.1, 0.15) is 0 Å². The molecule has 0 bridgehead atoms. The zero-order valence-corrected chi connectivity index (χ0v) is 10.9. The lowest BCUT2D eigenvalue weighted by Gasteiger charge is -2.10. The van der Waals surface area contributed by atoms with Crippen molar-refractivity contribution in [2.75, 3.05) is 24.7 Å². The van der Waals surface area contributed by atoms with Gasteiger partial charge < -0.3 is 15.7 Å². The van der Waals surface area contributed by atoms with Crippen LogP contribution in [0.15, 0.2) is 29.2 Å². The first-order chi connectivity index (χ1) is 8.13. The molecule has 1 atom stereocenters. The number of benzene rings is 1. The minimum Gasteiger partial charge on any atom is -0.392 e. The molecule has 1 unspecified atom stereocenters. The standard InChI is InChI=1S/C12H18N2O2S/c1-9(15)7-13-8-12(16)14-10-5-3-4-6-11(10)17-2/h3-6,9,13,15H,7-8H2,1-2H3,(H,14,16). The summed E-state index contributed by atoms with van der Waals surface area (Å²) in [6, 6.07) is 7.66. The molecule has 0 saturated heterocycles. The molecule has 94 valence electrons. The van der Waals surface area contributed by atoms with Crippen LogP contribution in [0.1, 0.15) is 6.92 Å². The van der Waals surface area contributed by atoms with Crippen LogP contribution in [-0.4, -0.2) is 36.5 Å². The second-order valence-electron chi connectivity index (χ2n) is 3.73. The van der Waals surface area contributed by atoms with Crippen molar-refractivity contribution in [2.24, 2.45) is 0 Å². The lowest BCUT2D eigenvalue weighted by Crippen LogP contribution is -2.32. The van der Waals surface area contributed by atoms with Gasteiger partial charge in [0.15, 0.2) is 0 Å². The van der Waals surface area contributed by atoms with Crippen molar-refractivity contribution in [1.82, 2.24) is 5.32 Å². The molecular formula is C12H18N2O2S. The van der Waals surface area contributed by atoms with Gasteiger partial charge in [0.2, 0.25) is 5.91 Å². The van der Waals surface area contributed by atoms with Gasteiger partial charge in [-0.1, -0.05) is 12.1 Å². The molecule has 1 aromatic carbocycles. The smallest absolute Gasteiger partial charge is 0.238 e. The summed E-state index contributed by atoms with van der Waals surface area (Å²) in [5.74, 6) is -0.104. The number of thioether (sulfide) groups is 1. The van der Waals surface area contributed by atoms with E-state index in [1.807, 2.05) is 30.5 Å². The normalized spacial score (nSPS) is 12.2. The summed E-state index contributed by atoms with van der Waals surface area (Å²) in [5, 5.41) is 14.7. The molecule has 5 heteroatoms. The second-order valence-corrected chi connectivity index (χ2v) is 4.58. The Labute approximate surface area is 106 Å². The second kappa shape index (κ2) is 7.32. The number of anilines is 1. The third-order valence-electron chi connectivity index (χ3n) is 2.11. The fraction of sp³-hybridized carbons (Fsp3) is 0.417. The van der Waals surface area contributed by atoms with E-state index in [2.05, 4.69) is 10.6 Å². The minimum absolute atomic E-state index is 0.104. The van der Waals surface area contributed by atoms with Gasteiger partial charge in [-0.25, -0.2) is 0 Å². The number of rotatable bonds is 6. The maximum atomic E-state index is 11.6. The van der Waals surface area contributed by atoms with Crippen LogP contribution in [0, 0.1) is 0 Å². The van der Waals surface area contributed by atoms with Crippen LogP contribution in [0.25, 0.3) is 0 Å². The predicted octanol–water partition coefficient (Wildman–Crippen LogP) is 1.32. The highest BCUT2D eigenvalue weighted by molar-refractivity contribution is 7.98. The number of amides is 1. The third-order valence-corrected chi connectivity index (χ3v) is 2.90. The van der Waals surface area contributed by atoms with Gasteiger partial charge in [0.05, 0.1) is 18.3 Å². The molecule has 0 radical (unpaired) electrons. The van der Waals surface area contributed by atoms with Crippen molar-refractivity contribution in [3.8, 4) is 0 Å². The van der Waals surface area contributed by atoms with Crippen LogP contribution in [0.3, 0.4) is 0 Å². The average molecular weight is 254 g/mol. The molecule has 0 aliphatic rings. The topological polar surface area (TPSA) is 61.4 Å². The number of carbonyl (C=O) groups is 1. The van der Waals surface area contributed by atoms with E-state index in [9.17, 15) is 4.79 Å². The van der Waals surface area contributed by atoms with Crippen LogP contribution >= 0.6 is 11.8 Å². The Bertz CT molecular complexity index is 369. The first-order valence-corrected chi connectivity index (χ1v) is 6.67. The number of para-hydroxylation sites is 1. The average Bonchev–Trinajstić information content (AvgIpc) is 2.29. The molecular weight excluding hydrogens is 236 g/mol. The molecule has 0 aliphatic heterocycles. The zero-order valence-electron chi connectivity index (χ0n) is 10.1. The first kappa shape index (κ1) is 14.0. The fourth-order valence-corrected chi connectivity index (χ4v) is 1.89. The Kier molecular flexibility index (Phi) is 6.04. The highest BCUT2D eigenvalue weighted by atomic mass is 32.2. The van der Waals surface area contributed by atoms with Crippen molar-refractivity contribution in [1.29, 1.82) is 0 Å². The van der Waals surface area contributed by atoms with Gasteiger partial charge in [0.25, 0.3) is 0 Å². The predicted molar refractivity (Wildman–Crippen MR) is 71.4 cm³/mol. The van der Waals surface area contributed by atoms with Crippen molar-refractivity contribution >= 4 is 23.4 Å². The lowest BCUT2D eigenvalue weighted by molar-refractivity contribution is -0.115. The largest absolute Gasteiger partial charge is 0.392 e. The van der Waals surface area contributed by atoms with Crippen molar-refractivity contribution in [3.05, 3.63) is 24.3 Å². The van der Waals surface area contributed by atoms with Crippen LogP contribution in [0.4, 0.5) is 5.69 Å². The molecule has 0 aromatic heterocycles. The molecule has 17 heavy (non-hydrogen) atoms. The van der Waals surface area contributed by atoms with E-state index in [0.29, 0.717) is 6.54 Å². The summed E-state index contributed by atoms with van der Waals surface area (Å²) in [4.78, 5) is 12.6. The van der Waals surface area contributed by atoms with Crippen molar-refractivity contribution in [3.63, 3.8) is 0 Å². The van der Waals surface area contributed by atoms with E-state index in [-0.39, 0.29) is 12.5 Å². The molecule has 4 nitrogen and oxygen atoms in total. The fourth-order valence-electron chi connectivity index (χ4n) is 1.34. The van der Waals surface area contributed by atoms with Crippen molar-refractivity contribution in [2.45, 2.75) is 17.9 Å². The molecule has 1 aromatic rings. The quantitative estimate of drug-likeness (QED) is 0.670. The number of aliphatic hydroxyl groups excluding tert-OH is 1. The summed E-state index contributed by atoms with van der Waals surface area (Å²) in [7, 11) is 0. The van der Waals surface area contributed by atoms with E-state index in [1.54, 1.807) is 18.7 Å². The van der Waals surface area contributed by atoms with Gasteiger partial charge in [-0.05, 0) is 25.3 Å². The molecule has 0 saturated carbocycles. The Morgan fingerprint density at radius 1 is 1.47 bits per heavy atom. The number of nitrogens with one attached hydrogen (secondary N) is 2. The molecule has 3 N–H and O–H groups in total. The van der Waals surface area contributed by atoms with E-state index in [4.69, 9.17) is 5.11 Å². The molecule has 0 fully saturated rings. The lowest BCUT2D eigenvalue weighted by atomic mass is 10.3. The van der Waals surface area contributed by atoms with Crippen LogP contribution in [0.2, 0.25) is 0 Å². The SMILES string of the molecule is CSc1ccccc1NC(=O)CNCC(C)O. The Balaban J connectivity index is 2.45. The molecule has 0 aliphatic carbocycles. The van der Waals surface area contributed by atoms with E-state index in [1.165, 1.54) is 0 Å². The Morgan fingerprint density at radius 2 is 2.18 bits per heavy atom. The summed E-state index contributed by atoms with van der Waals surface area (Å²) < 4.78 is 0. The highest BCUT2D eigenvalue weighted by Gasteiger charge is 2.05. The molecule has 1 rings (SSSR count). The van der Waals surface area contributed by atoms with Crippen LogP contribution < -0.4 is 10.6 Å². The van der Waals surface area contributed by atoms with E-state index < -0.39 is 6.10 Å². The van der Waals surface area contributed by atoms with Crippen LogP contribution in [-0.2, 0) is 4.79 Å². The summed E-state index contributed by atoms with van der Waals surface area (Å²) in [5.41, 5.74) is 0.823. The molecule has 0 heterocycles. The number of carbonyl (C=O) groups excluding carboxylic acids is 1. The highest BCUT2D eigenvalue weighted by Crippen LogP contribution is 2.24. The Hall–Kier alpha value is -1.04. The maximum absolute atomic E-state index is 11.6. The third kappa shape index (κ3) is 5.21. The monoisotopic (exact) mass is 254 g/mol.